The van der Waals surface area contributed by atoms with Gasteiger partial charge in [-0.05, 0) is 42.0 Å². The molecular formula is C25H18N4O7. The number of hydrogen-bond donors (Lipinski definition) is 2. The molecule has 36 heavy (non-hydrogen) atoms. The quantitative estimate of drug-likeness (QED) is 0.225. The second-order valence-electron chi connectivity index (χ2n) is 7.51. The molecular weight excluding hydrogens is 468 g/mol. The van der Waals surface area contributed by atoms with Crippen LogP contribution in [-0.2, 0) is 14.4 Å². The zero-order chi connectivity index (χ0) is 25.7. The third kappa shape index (κ3) is 5.42. The smallest absolute Gasteiger partial charge is 0.335 e. The molecule has 0 bridgehead atoms. The Hall–Kier alpha value is -5.32. The summed E-state index contributed by atoms with van der Waals surface area (Å²) in [5, 5.41) is 15.8. The minimum Gasteiger partial charge on any atom is -0.484 e. The second kappa shape index (κ2) is 10.3. The van der Waals surface area contributed by atoms with Crippen LogP contribution in [0.2, 0.25) is 0 Å². The summed E-state index contributed by atoms with van der Waals surface area (Å²) >= 11 is 0. The summed E-state index contributed by atoms with van der Waals surface area (Å²) in [6.07, 6.45) is 1.26. The van der Waals surface area contributed by atoms with Crippen LogP contribution in [0.5, 0.6) is 5.75 Å². The van der Waals surface area contributed by atoms with Gasteiger partial charge in [-0.2, -0.15) is 0 Å². The largest absolute Gasteiger partial charge is 0.484 e. The van der Waals surface area contributed by atoms with Gasteiger partial charge in [-0.25, -0.2) is 9.69 Å². The maximum atomic E-state index is 13.0. The fourth-order valence-electron chi connectivity index (χ4n) is 3.37. The minimum absolute atomic E-state index is 0.0633. The van der Waals surface area contributed by atoms with E-state index in [0.29, 0.717) is 21.9 Å². The van der Waals surface area contributed by atoms with Crippen LogP contribution in [0.4, 0.5) is 21.9 Å². The highest BCUT2D eigenvalue weighted by Gasteiger charge is 2.37. The number of urea groups is 1. The molecule has 2 N–H and O–H groups in total. The highest BCUT2D eigenvalue weighted by atomic mass is 16.6. The van der Waals surface area contributed by atoms with Crippen LogP contribution < -0.4 is 20.3 Å². The summed E-state index contributed by atoms with van der Waals surface area (Å²) in [5.41, 5.74) is 0.264. The van der Waals surface area contributed by atoms with Crippen LogP contribution >= 0.6 is 0 Å². The number of nitro benzene ring substituents is 1. The maximum Gasteiger partial charge on any atom is 0.335 e. The number of barbiturate groups is 1. The van der Waals surface area contributed by atoms with E-state index < -0.39 is 22.8 Å². The first-order valence-corrected chi connectivity index (χ1v) is 10.6. The summed E-state index contributed by atoms with van der Waals surface area (Å²) in [4.78, 5) is 61.0. The molecule has 0 atom stereocenters. The Kier molecular flexibility index (Phi) is 6.82. The molecule has 4 rings (SSSR count). The first kappa shape index (κ1) is 23.8. The van der Waals surface area contributed by atoms with Crippen molar-refractivity contribution in [2.45, 2.75) is 0 Å². The number of ether oxygens (including phenoxy) is 1. The molecule has 0 spiro atoms. The van der Waals surface area contributed by atoms with E-state index in [1.807, 2.05) is 6.07 Å². The molecule has 180 valence electrons. The van der Waals surface area contributed by atoms with Crippen molar-refractivity contribution in [3.8, 4) is 5.75 Å². The van der Waals surface area contributed by atoms with Gasteiger partial charge < -0.3 is 10.1 Å². The number of carbonyl (C=O) groups is 4. The average Bonchev–Trinajstić information content (AvgIpc) is 2.86. The zero-order valence-corrected chi connectivity index (χ0v) is 18.5. The van der Waals surface area contributed by atoms with Gasteiger partial charge in [-0.15, -0.1) is 0 Å². The third-order valence-electron chi connectivity index (χ3n) is 5.00. The molecule has 0 aliphatic carbocycles. The number of nitrogens with one attached hydrogen (secondary N) is 2. The number of carbonyl (C=O) groups excluding carboxylic acids is 4. The minimum atomic E-state index is -1.02. The van der Waals surface area contributed by atoms with Crippen molar-refractivity contribution in [1.82, 2.24) is 5.32 Å². The Balaban J connectivity index is 1.51. The number of para-hydroxylation sites is 1. The number of amides is 5. The summed E-state index contributed by atoms with van der Waals surface area (Å²) in [7, 11) is 0. The molecule has 0 radical (unpaired) electrons. The van der Waals surface area contributed by atoms with Gasteiger partial charge in [0.25, 0.3) is 23.4 Å². The van der Waals surface area contributed by atoms with E-state index in [0.717, 1.165) is 6.07 Å². The fraction of sp³-hybridized carbons (Fsp3) is 0.0400. The molecule has 1 aliphatic heterocycles. The van der Waals surface area contributed by atoms with Crippen molar-refractivity contribution in [2.24, 2.45) is 0 Å². The standard InChI is InChI=1S/C25H18N4O7/c30-22(26-17-7-2-1-3-8-17)15-36-20-11-4-6-16(12-20)13-21-23(31)27-25(33)28(24(21)32)18-9-5-10-19(14-18)29(34)35/h1-14H,15H2,(H,26,30)(H,27,31,33)/b21-13-. The first-order valence-electron chi connectivity index (χ1n) is 10.6. The maximum absolute atomic E-state index is 13.0. The Labute approximate surface area is 204 Å². The van der Waals surface area contributed by atoms with Crippen LogP contribution in [0.3, 0.4) is 0 Å². The molecule has 5 amide bonds. The lowest BCUT2D eigenvalue weighted by atomic mass is 10.1. The highest BCUT2D eigenvalue weighted by molar-refractivity contribution is 6.39. The number of nitrogens with zero attached hydrogens (tertiary/aromatic N) is 2. The van der Waals surface area contributed by atoms with Crippen LogP contribution in [0.25, 0.3) is 6.08 Å². The SMILES string of the molecule is O=C(COc1cccc(/C=C2/C(=O)NC(=O)N(c3cccc([N+](=O)[O-])c3)C2=O)c1)Nc1ccccc1. The van der Waals surface area contributed by atoms with E-state index in [1.54, 1.807) is 42.5 Å². The number of hydrogen-bond acceptors (Lipinski definition) is 7. The Bertz CT molecular complexity index is 1400. The molecule has 11 nitrogen and oxygen atoms in total. The monoisotopic (exact) mass is 486 g/mol. The average molecular weight is 486 g/mol. The molecule has 1 aliphatic rings. The molecule has 3 aromatic carbocycles. The van der Waals surface area contributed by atoms with Crippen LogP contribution in [-0.4, -0.2) is 35.3 Å². The van der Waals surface area contributed by atoms with Gasteiger partial charge in [0, 0.05) is 17.8 Å². The predicted octanol–water partition coefficient (Wildman–Crippen LogP) is 3.28. The fourth-order valence-corrected chi connectivity index (χ4v) is 3.37. The van der Waals surface area contributed by atoms with Crippen molar-refractivity contribution in [3.63, 3.8) is 0 Å². The Morgan fingerprint density at radius 2 is 1.75 bits per heavy atom. The van der Waals surface area contributed by atoms with E-state index in [1.165, 1.54) is 30.3 Å². The Morgan fingerprint density at radius 3 is 2.50 bits per heavy atom. The first-order chi connectivity index (χ1) is 17.3. The van der Waals surface area contributed by atoms with Gasteiger partial charge in [-0.1, -0.05) is 36.4 Å². The van der Waals surface area contributed by atoms with Gasteiger partial charge in [0.1, 0.15) is 11.3 Å². The molecule has 0 unspecified atom stereocenters. The second-order valence-corrected chi connectivity index (χ2v) is 7.51. The molecule has 11 heteroatoms. The normalized spacial score (nSPS) is 14.4. The molecule has 1 saturated heterocycles. The highest BCUT2D eigenvalue weighted by Crippen LogP contribution is 2.26. The molecule has 0 saturated carbocycles. The van der Waals surface area contributed by atoms with Crippen molar-refractivity contribution >= 4 is 46.9 Å². The van der Waals surface area contributed by atoms with Crippen LogP contribution in [0.1, 0.15) is 5.56 Å². The molecule has 1 fully saturated rings. The Morgan fingerprint density at radius 1 is 1.00 bits per heavy atom. The van der Waals surface area contributed by atoms with Crippen molar-refractivity contribution in [1.29, 1.82) is 0 Å². The lowest BCUT2D eigenvalue weighted by molar-refractivity contribution is -0.384. The van der Waals surface area contributed by atoms with E-state index in [2.05, 4.69) is 10.6 Å². The lowest BCUT2D eigenvalue weighted by Gasteiger charge is -2.26. The van der Waals surface area contributed by atoms with Crippen molar-refractivity contribution < 1.29 is 28.8 Å². The molecule has 1 heterocycles. The van der Waals surface area contributed by atoms with E-state index in [4.69, 9.17) is 4.74 Å². The summed E-state index contributed by atoms with van der Waals surface area (Å²) in [5.74, 6) is -1.93. The van der Waals surface area contributed by atoms with Crippen molar-refractivity contribution in [2.75, 3.05) is 16.8 Å². The summed E-state index contributed by atoms with van der Waals surface area (Å²) in [6.45, 7) is -0.274. The van der Waals surface area contributed by atoms with Crippen molar-refractivity contribution in [3.05, 3.63) is 100 Å². The summed E-state index contributed by atoms with van der Waals surface area (Å²) in [6, 6.07) is 19.1. The number of nitro groups is 1. The van der Waals surface area contributed by atoms with Crippen LogP contribution in [0.15, 0.2) is 84.4 Å². The lowest BCUT2D eigenvalue weighted by Crippen LogP contribution is -2.54. The van der Waals surface area contributed by atoms with E-state index in [9.17, 15) is 29.3 Å². The van der Waals surface area contributed by atoms with Gasteiger partial charge in [0.05, 0.1) is 10.6 Å². The number of imide groups is 2. The van der Waals surface area contributed by atoms with E-state index in [-0.39, 0.29) is 29.5 Å². The van der Waals surface area contributed by atoms with E-state index >= 15 is 0 Å². The number of benzene rings is 3. The number of rotatable bonds is 7. The topological polar surface area (TPSA) is 148 Å². The number of non-ortho nitro benzene ring substituents is 1. The zero-order valence-electron chi connectivity index (χ0n) is 18.5. The van der Waals surface area contributed by atoms with Gasteiger partial charge >= 0.3 is 6.03 Å². The molecule has 0 aromatic heterocycles. The van der Waals surface area contributed by atoms with Gasteiger partial charge in [0.2, 0.25) is 0 Å². The van der Waals surface area contributed by atoms with Crippen LogP contribution in [0, 0.1) is 10.1 Å². The van der Waals surface area contributed by atoms with Gasteiger partial charge in [0.15, 0.2) is 6.61 Å². The third-order valence-corrected chi connectivity index (χ3v) is 5.00. The summed E-state index contributed by atoms with van der Waals surface area (Å²) < 4.78 is 5.51. The molecule has 3 aromatic rings. The predicted molar refractivity (Wildman–Crippen MR) is 129 cm³/mol. The number of anilines is 2. The van der Waals surface area contributed by atoms with Gasteiger partial charge in [-0.3, -0.25) is 29.8 Å².